The second-order valence-corrected chi connectivity index (χ2v) is 6.78. The number of nitrogens with two attached hydrogens (primary N) is 1. The van der Waals surface area contributed by atoms with Crippen LogP contribution in [0.3, 0.4) is 0 Å². The number of rotatable bonds is 5. The monoisotopic (exact) mass is 312 g/mol. The molecule has 1 aliphatic rings. The van der Waals surface area contributed by atoms with Crippen LogP contribution in [0.4, 0.5) is 10.9 Å². The van der Waals surface area contributed by atoms with E-state index in [4.69, 9.17) is 10.5 Å². The molecule has 1 fully saturated rings. The summed E-state index contributed by atoms with van der Waals surface area (Å²) < 4.78 is 5.46. The smallest absolute Gasteiger partial charge is 0.265 e. The van der Waals surface area contributed by atoms with E-state index in [1.54, 1.807) is 0 Å². The molecule has 2 heterocycles. The maximum absolute atomic E-state index is 12.4. The summed E-state index contributed by atoms with van der Waals surface area (Å²) in [5, 5.41) is 3.83. The lowest BCUT2D eigenvalue weighted by Crippen LogP contribution is -2.51. The van der Waals surface area contributed by atoms with Gasteiger partial charge in [-0.05, 0) is 26.2 Å². The van der Waals surface area contributed by atoms with Crippen molar-refractivity contribution in [2.45, 2.75) is 38.6 Å². The van der Waals surface area contributed by atoms with Crippen LogP contribution in [-0.4, -0.2) is 43.2 Å². The number of carbonyl (C=O) groups is 1. The van der Waals surface area contributed by atoms with Crippen molar-refractivity contribution in [3.05, 3.63) is 4.88 Å². The SMILES string of the molecule is CCCN(C)c1nc(N)c(C(=O)NC2(C)CCCOC2)s1. The number of hydrogen-bond acceptors (Lipinski definition) is 6. The van der Waals surface area contributed by atoms with Crippen LogP contribution in [0.25, 0.3) is 0 Å². The molecule has 1 unspecified atom stereocenters. The first-order chi connectivity index (χ1) is 9.95. The number of carbonyl (C=O) groups excluding carboxylic acids is 1. The van der Waals surface area contributed by atoms with Crippen LogP contribution >= 0.6 is 11.3 Å². The molecule has 3 N–H and O–H groups in total. The second kappa shape index (κ2) is 6.62. The summed E-state index contributed by atoms with van der Waals surface area (Å²) in [6, 6.07) is 0. The maximum atomic E-state index is 12.4. The fourth-order valence-electron chi connectivity index (χ4n) is 2.44. The molecule has 1 saturated heterocycles. The Morgan fingerprint density at radius 1 is 1.62 bits per heavy atom. The molecule has 1 aromatic rings. The Bertz CT molecular complexity index is 497. The lowest BCUT2D eigenvalue weighted by Gasteiger charge is -2.34. The van der Waals surface area contributed by atoms with Gasteiger partial charge in [-0.2, -0.15) is 0 Å². The van der Waals surface area contributed by atoms with Crippen molar-refractivity contribution in [3.63, 3.8) is 0 Å². The van der Waals surface area contributed by atoms with E-state index in [-0.39, 0.29) is 11.4 Å². The number of thiazole rings is 1. The van der Waals surface area contributed by atoms with Crippen molar-refractivity contribution in [1.82, 2.24) is 10.3 Å². The molecule has 1 atom stereocenters. The van der Waals surface area contributed by atoms with Crippen LogP contribution in [-0.2, 0) is 4.74 Å². The maximum Gasteiger partial charge on any atom is 0.265 e. The van der Waals surface area contributed by atoms with E-state index in [0.717, 1.165) is 37.5 Å². The van der Waals surface area contributed by atoms with Crippen molar-refractivity contribution in [3.8, 4) is 0 Å². The molecule has 2 rings (SSSR count). The summed E-state index contributed by atoms with van der Waals surface area (Å²) in [6.07, 6.45) is 2.90. The topological polar surface area (TPSA) is 80.5 Å². The molecule has 118 valence electrons. The first kappa shape index (κ1) is 16.0. The van der Waals surface area contributed by atoms with E-state index in [0.29, 0.717) is 17.3 Å². The number of anilines is 2. The first-order valence-corrected chi connectivity index (χ1v) is 8.14. The molecule has 6 nitrogen and oxygen atoms in total. The number of nitrogens with zero attached hydrogens (tertiary/aromatic N) is 2. The number of aromatic nitrogens is 1. The average molecular weight is 312 g/mol. The van der Waals surface area contributed by atoms with E-state index in [1.165, 1.54) is 11.3 Å². The van der Waals surface area contributed by atoms with Gasteiger partial charge in [-0.1, -0.05) is 18.3 Å². The van der Waals surface area contributed by atoms with Crippen molar-refractivity contribution in [1.29, 1.82) is 0 Å². The largest absolute Gasteiger partial charge is 0.382 e. The molecule has 0 saturated carbocycles. The molecule has 0 radical (unpaired) electrons. The van der Waals surface area contributed by atoms with Crippen LogP contribution in [0.1, 0.15) is 42.8 Å². The van der Waals surface area contributed by atoms with Crippen LogP contribution in [0.15, 0.2) is 0 Å². The number of nitrogen functional groups attached to an aromatic ring is 1. The first-order valence-electron chi connectivity index (χ1n) is 7.33. The van der Waals surface area contributed by atoms with Crippen LogP contribution in [0, 0.1) is 0 Å². The highest BCUT2D eigenvalue weighted by Crippen LogP contribution is 2.28. The van der Waals surface area contributed by atoms with Crippen molar-refractivity contribution in [2.24, 2.45) is 0 Å². The Labute approximate surface area is 129 Å². The van der Waals surface area contributed by atoms with Gasteiger partial charge in [0.1, 0.15) is 10.7 Å². The van der Waals surface area contributed by atoms with E-state index >= 15 is 0 Å². The fraction of sp³-hybridized carbons (Fsp3) is 0.714. The van der Waals surface area contributed by atoms with Gasteiger partial charge in [0.25, 0.3) is 5.91 Å². The second-order valence-electron chi connectivity index (χ2n) is 5.80. The molecular weight excluding hydrogens is 288 g/mol. The number of nitrogens with one attached hydrogen (secondary N) is 1. The van der Waals surface area contributed by atoms with Crippen LogP contribution in [0.5, 0.6) is 0 Å². The third kappa shape index (κ3) is 3.85. The standard InChI is InChI=1S/C14H24N4O2S/c1-4-7-18(3)13-16-11(15)10(21-13)12(19)17-14(2)6-5-8-20-9-14/h4-9,15H2,1-3H3,(H,17,19). The molecule has 7 heteroatoms. The molecule has 21 heavy (non-hydrogen) atoms. The molecule has 0 aliphatic carbocycles. The lowest BCUT2D eigenvalue weighted by molar-refractivity contribution is 0.0274. The predicted octanol–water partition coefficient (Wildman–Crippen LogP) is 1.87. The minimum absolute atomic E-state index is 0.158. The highest BCUT2D eigenvalue weighted by Gasteiger charge is 2.31. The minimum atomic E-state index is -0.318. The molecule has 0 aromatic carbocycles. The fourth-order valence-corrected chi connectivity index (χ4v) is 3.31. The average Bonchev–Trinajstić information content (AvgIpc) is 2.81. The Morgan fingerprint density at radius 3 is 3.00 bits per heavy atom. The summed E-state index contributed by atoms with van der Waals surface area (Å²) in [6.45, 7) is 6.30. The van der Waals surface area contributed by atoms with Gasteiger partial charge >= 0.3 is 0 Å². The predicted molar refractivity (Wildman–Crippen MR) is 86.0 cm³/mol. The van der Waals surface area contributed by atoms with Gasteiger partial charge in [0.15, 0.2) is 5.13 Å². The summed E-state index contributed by atoms with van der Waals surface area (Å²) in [5.41, 5.74) is 5.59. The minimum Gasteiger partial charge on any atom is -0.382 e. The van der Waals surface area contributed by atoms with Gasteiger partial charge in [-0.3, -0.25) is 4.79 Å². The molecule has 1 amide bonds. The Hall–Kier alpha value is -1.34. The Kier molecular flexibility index (Phi) is 5.05. The molecule has 1 aromatic heterocycles. The molecule has 0 spiro atoms. The number of ether oxygens (including phenoxy) is 1. The van der Waals surface area contributed by atoms with Crippen molar-refractivity contribution >= 4 is 28.2 Å². The zero-order chi connectivity index (χ0) is 15.5. The van der Waals surface area contributed by atoms with Crippen LogP contribution in [0.2, 0.25) is 0 Å². The van der Waals surface area contributed by atoms with Crippen molar-refractivity contribution < 1.29 is 9.53 Å². The third-order valence-corrected chi connectivity index (χ3v) is 4.77. The van der Waals surface area contributed by atoms with Gasteiger partial charge < -0.3 is 20.7 Å². The van der Waals surface area contributed by atoms with E-state index < -0.39 is 0 Å². The van der Waals surface area contributed by atoms with Gasteiger partial charge in [0, 0.05) is 20.2 Å². The van der Waals surface area contributed by atoms with E-state index in [2.05, 4.69) is 17.2 Å². The summed E-state index contributed by atoms with van der Waals surface area (Å²) in [7, 11) is 1.96. The highest BCUT2D eigenvalue weighted by molar-refractivity contribution is 7.18. The summed E-state index contributed by atoms with van der Waals surface area (Å²) >= 11 is 1.34. The lowest BCUT2D eigenvalue weighted by atomic mass is 9.95. The highest BCUT2D eigenvalue weighted by atomic mass is 32.1. The normalized spacial score (nSPS) is 22.0. The molecular formula is C14H24N4O2S. The van der Waals surface area contributed by atoms with Gasteiger partial charge in [0.05, 0.1) is 12.1 Å². The summed E-state index contributed by atoms with van der Waals surface area (Å²) in [4.78, 5) is 19.2. The molecule has 0 bridgehead atoms. The molecule has 1 aliphatic heterocycles. The van der Waals surface area contributed by atoms with Crippen LogP contribution < -0.4 is 16.0 Å². The Balaban J connectivity index is 2.08. The van der Waals surface area contributed by atoms with Crippen molar-refractivity contribution in [2.75, 3.05) is 37.4 Å². The third-order valence-electron chi connectivity index (χ3n) is 3.59. The number of amides is 1. The van der Waals surface area contributed by atoms with Gasteiger partial charge in [-0.25, -0.2) is 4.98 Å². The van der Waals surface area contributed by atoms with Gasteiger partial charge in [0.2, 0.25) is 0 Å². The Morgan fingerprint density at radius 2 is 2.38 bits per heavy atom. The summed E-state index contributed by atoms with van der Waals surface area (Å²) in [5.74, 6) is 0.143. The zero-order valence-corrected chi connectivity index (χ0v) is 13.8. The van der Waals surface area contributed by atoms with E-state index in [9.17, 15) is 4.79 Å². The quantitative estimate of drug-likeness (QED) is 0.867. The number of hydrogen-bond donors (Lipinski definition) is 2. The zero-order valence-electron chi connectivity index (χ0n) is 12.9. The van der Waals surface area contributed by atoms with Gasteiger partial charge in [-0.15, -0.1) is 0 Å². The van der Waals surface area contributed by atoms with E-state index in [1.807, 2.05) is 18.9 Å².